The highest BCUT2D eigenvalue weighted by Crippen LogP contribution is 2.23. The van der Waals surface area contributed by atoms with Crippen molar-refractivity contribution in [3.63, 3.8) is 0 Å². The van der Waals surface area contributed by atoms with Gasteiger partial charge in [-0.1, -0.05) is 42.5 Å². The third kappa shape index (κ3) is 4.28. The number of pyridine rings is 1. The fraction of sp³-hybridized carbons (Fsp3) is 0.130. The van der Waals surface area contributed by atoms with Crippen LogP contribution in [0, 0.1) is 5.41 Å². The van der Waals surface area contributed by atoms with Crippen LogP contribution >= 0.6 is 0 Å². The lowest BCUT2D eigenvalue weighted by atomic mass is 10.1. The van der Waals surface area contributed by atoms with Crippen molar-refractivity contribution in [3.05, 3.63) is 84.3 Å². The molecule has 4 rings (SSSR count). The summed E-state index contributed by atoms with van der Waals surface area (Å²) in [4.78, 5) is 7.55. The second-order valence-corrected chi connectivity index (χ2v) is 7.04. The fourth-order valence-corrected chi connectivity index (χ4v) is 3.34. The molecule has 0 saturated heterocycles. The van der Waals surface area contributed by atoms with Crippen LogP contribution in [0.5, 0.6) is 5.75 Å². The van der Waals surface area contributed by atoms with E-state index in [0.29, 0.717) is 17.9 Å². The molecule has 0 radical (unpaired) electrons. The number of ether oxygens (including phenoxy) is 1. The van der Waals surface area contributed by atoms with E-state index in [-0.39, 0.29) is 11.9 Å². The number of amidine groups is 1. The molecule has 29 heavy (non-hydrogen) atoms. The van der Waals surface area contributed by atoms with Crippen LogP contribution in [0.4, 0.5) is 0 Å². The van der Waals surface area contributed by atoms with Crippen LogP contribution in [0.15, 0.2) is 73.2 Å². The Hall–Kier alpha value is -3.64. The van der Waals surface area contributed by atoms with Crippen molar-refractivity contribution in [3.8, 4) is 16.9 Å². The van der Waals surface area contributed by atoms with Crippen molar-refractivity contribution in [1.82, 2.24) is 9.97 Å². The number of fused-ring (bicyclic) bond motifs is 1. The lowest BCUT2D eigenvalue weighted by molar-refractivity contribution is 0.287. The van der Waals surface area contributed by atoms with Gasteiger partial charge in [0.25, 0.3) is 0 Å². The highest BCUT2D eigenvalue weighted by Gasteiger charge is 2.10. The first-order valence-electron chi connectivity index (χ1n) is 9.43. The summed E-state index contributed by atoms with van der Waals surface area (Å²) in [6.45, 7) is 0.397. The van der Waals surface area contributed by atoms with Gasteiger partial charge in [-0.2, -0.15) is 0 Å². The topological polar surface area (TPSA) is 114 Å². The minimum atomic E-state index is -0.132. The van der Waals surface area contributed by atoms with Crippen LogP contribution in [0.25, 0.3) is 22.0 Å². The maximum Gasteiger partial charge on any atom is 0.138 e. The average molecular weight is 385 g/mol. The molecule has 0 aliphatic carbocycles. The Bertz CT molecular complexity index is 1130. The molecule has 0 bridgehead atoms. The van der Waals surface area contributed by atoms with Crippen LogP contribution in [-0.2, 0) is 6.42 Å². The number of nitrogens with two attached hydrogens (primary N) is 2. The highest BCUT2D eigenvalue weighted by atomic mass is 16.5. The maximum atomic E-state index is 7.49. The Kier molecular flexibility index (Phi) is 5.27. The number of nitrogens with one attached hydrogen (secondary N) is 2. The molecule has 2 aromatic heterocycles. The van der Waals surface area contributed by atoms with E-state index in [2.05, 4.69) is 22.1 Å². The fourth-order valence-electron chi connectivity index (χ4n) is 3.34. The molecule has 0 aliphatic rings. The third-order valence-electron chi connectivity index (χ3n) is 4.86. The summed E-state index contributed by atoms with van der Waals surface area (Å²) in [5.74, 6) is 0.725. The molecule has 0 unspecified atom stereocenters. The Balaban J connectivity index is 1.40. The summed E-state index contributed by atoms with van der Waals surface area (Å²) >= 11 is 0. The predicted octanol–water partition coefficient (Wildman–Crippen LogP) is 3.46. The minimum absolute atomic E-state index is 0.0518. The van der Waals surface area contributed by atoms with Crippen LogP contribution < -0.4 is 16.2 Å². The molecule has 0 saturated carbocycles. The van der Waals surface area contributed by atoms with Crippen LogP contribution in [0.2, 0.25) is 0 Å². The summed E-state index contributed by atoms with van der Waals surface area (Å²) in [6.07, 6.45) is 6.20. The number of hydrogen-bond donors (Lipinski definition) is 4. The summed E-state index contributed by atoms with van der Waals surface area (Å²) in [7, 11) is 0. The summed E-state index contributed by atoms with van der Waals surface area (Å²) in [5, 5.41) is 8.68. The van der Waals surface area contributed by atoms with E-state index in [1.165, 1.54) is 10.9 Å². The number of aromatic nitrogens is 2. The number of aromatic amines is 1. The van der Waals surface area contributed by atoms with E-state index >= 15 is 0 Å². The van der Waals surface area contributed by atoms with Gasteiger partial charge in [0.05, 0.1) is 6.20 Å². The van der Waals surface area contributed by atoms with E-state index in [9.17, 15) is 0 Å². The van der Waals surface area contributed by atoms with E-state index in [1.807, 2.05) is 48.7 Å². The van der Waals surface area contributed by atoms with Gasteiger partial charge < -0.3 is 21.2 Å². The Morgan fingerprint density at radius 2 is 1.86 bits per heavy atom. The molecule has 4 aromatic rings. The predicted molar refractivity (Wildman–Crippen MR) is 116 cm³/mol. The number of benzene rings is 2. The number of nitrogen functional groups attached to an aromatic ring is 1. The normalized spacial score (nSPS) is 12.0. The second-order valence-electron chi connectivity index (χ2n) is 7.04. The largest absolute Gasteiger partial charge is 0.490 e. The number of rotatable bonds is 7. The van der Waals surface area contributed by atoms with Crippen LogP contribution in [-0.4, -0.2) is 28.5 Å². The van der Waals surface area contributed by atoms with Crippen molar-refractivity contribution in [2.45, 2.75) is 12.5 Å². The first-order chi connectivity index (χ1) is 14.1. The molecule has 0 spiro atoms. The number of para-hydroxylation sites is 1. The average Bonchev–Trinajstić information content (AvgIpc) is 3.15. The number of hydrogen-bond acceptors (Lipinski definition) is 4. The number of H-pyrrole nitrogens is 1. The van der Waals surface area contributed by atoms with Crippen LogP contribution in [0.1, 0.15) is 11.1 Å². The minimum Gasteiger partial charge on any atom is -0.490 e. The maximum absolute atomic E-state index is 7.49. The molecule has 2 aromatic carbocycles. The third-order valence-corrected chi connectivity index (χ3v) is 4.86. The molecule has 6 N–H and O–H groups in total. The van der Waals surface area contributed by atoms with Crippen molar-refractivity contribution in [2.24, 2.45) is 11.5 Å². The highest BCUT2D eigenvalue weighted by molar-refractivity contribution is 5.95. The van der Waals surface area contributed by atoms with Gasteiger partial charge in [0, 0.05) is 40.5 Å². The first kappa shape index (κ1) is 18.7. The van der Waals surface area contributed by atoms with Crippen molar-refractivity contribution < 1.29 is 4.74 Å². The smallest absolute Gasteiger partial charge is 0.138 e. The molecule has 6 heteroatoms. The van der Waals surface area contributed by atoms with Gasteiger partial charge in [-0.05, 0) is 29.7 Å². The molecule has 2 heterocycles. The monoisotopic (exact) mass is 385 g/mol. The molecule has 1 atom stereocenters. The summed E-state index contributed by atoms with van der Waals surface area (Å²) in [5.41, 5.74) is 16.7. The van der Waals surface area contributed by atoms with Gasteiger partial charge in [0.15, 0.2) is 0 Å². The Labute approximate surface area is 169 Å². The van der Waals surface area contributed by atoms with Crippen LogP contribution in [0.3, 0.4) is 0 Å². The quantitative estimate of drug-likeness (QED) is 0.288. The van der Waals surface area contributed by atoms with Gasteiger partial charge in [-0.15, -0.1) is 0 Å². The lowest BCUT2D eigenvalue weighted by Gasteiger charge is -2.13. The Morgan fingerprint density at radius 3 is 2.66 bits per heavy atom. The molecule has 0 amide bonds. The molecule has 146 valence electrons. The van der Waals surface area contributed by atoms with Gasteiger partial charge >= 0.3 is 0 Å². The summed E-state index contributed by atoms with van der Waals surface area (Å²) < 4.78 is 5.90. The SMILES string of the molecule is N=C(N)c1ccc(-c2cncc(OC[C@@H](N)Cc3c[nH]c4ccccc34)c2)cc1. The van der Waals surface area contributed by atoms with Gasteiger partial charge in [0.1, 0.15) is 18.2 Å². The van der Waals surface area contributed by atoms with E-state index in [4.69, 9.17) is 21.6 Å². The van der Waals surface area contributed by atoms with Crippen molar-refractivity contribution in [1.29, 1.82) is 5.41 Å². The molecular weight excluding hydrogens is 362 g/mol. The van der Waals surface area contributed by atoms with Gasteiger partial charge in [0.2, 0.25) is 0 Å². The zero-order valence-corrected chi connectivity index (χ0v) is 15.9. The van der Waals surface area contributed by atoms with Crippen molar-refractivity contribution in [2.75, 3.05) is 6.61 Å². The first-order valence-corrected chi connectivity index (χ1v) is 9.43. The second kappa shape index (κ2) is 8.16. The zero-order chi connectivity index (χ0) is 20.2. The summed E-state index contributed by atoms with van der Waals surface area (Å²) in [6, 6.07) is 17.5. The van der Waals surface area contributed by atoms with E-state index in [1.54, 1.807) is 12.4 Å². The van der Waals surface area contributed by atoms with E-state index in [0.717, 1.165) is 23.1 Å². The lowest BCUT2D eigenvalue weighted by Crippen LogP contribution is -2.30. The molecular formula is C23H23N5O. The zero-order valence-electron chi connectivity index (χ0n) is 15.9. The van der Waals surface area contributed by atoms with Crippen molar-refractivity contribution >= 4 is 16.7 Å². The Morgan fingerprint density at radius 1 is 1.07 bits per heavy atom. The standard InChI is InChI=1S/C23H23N5O/c24-19(9-18-12-28-22-4-2-1-3-21(18)22)14-29-20-10-17(11-27-13-20)15-5-7-16(8-6-15)23(25)26/h1-8,10-13,19,28H,9,14,24H2,(H3,25,26)/t19-/m0/s1. The molecule has 0 fully saturated rings. The van der Waals surface area contributed by atoms with E-state index < -0.39 is 0 Å². The molecule has 6 nitrogen and oxygen atoms in total. The molecule has 0 aliphatic heterocycles. The van der Waals surface area contributed by atoms with Gasteiger partial charge in [-0.3, -0.25) is 10.4 Å². The van der Waals surface area contributed by atoms with Gasteiger partial charge in [-0.25, -0.2) is 0 Å². The number of nitrogens with zero attached hydrogens (tertiary/aromatic N) is 1.